The monoisotopic (exact) mass is 476 g/mol. The van der Waals surface area contributed by atoms with E-state index in [-0.39, 0.29) is 0 Å². The normalized spacial score (nSPS) is 11.5. The van der Waals surface area contributed by atoms with Gasteiger partial charge in [-0.25, -0.2) is 0 Å². The second-order valence-corrected chi connectivity index (χ2v) is 9.01. The molecule has 2 aromatic rings. The molecule has 0 atom stereocenters. The summed E-state index contributed by atoms with van der Waals surface area (Å²) in [6, 6.07) is 17.0. The minimum atomic E-state index is 0.944. The molecule has 0 aliphatic heterocycles. The molecule has 0 bridgehead atoms. The Bertz CT molecular complexity index is 820. The van der Waals surface area contributed by atoms with Crippen LogP contribution in [0.15, 0.2) is 85.0 Å². The molecule has 0 aromatic heterocycles. The highest BCUT2D eigenvalue weighted by Crippen LogP contribution is 2.25. The minimum Gasteiger partial charge on any atom is -0.497 e. The van der Waals surface area contributed by atoms with Crippen molar-refractivity contribution in [3.8, 4) is 5.75 Å². The summed E-state index contributed by atoms with van der Waals surface area (Å²) in [6.45, 7) is 17.0. The third kappa shape index (κ3) is 15.9. The van der Waals surface area contributed by atoms with Crippen LogP contribution in [0.3, 0.4) is 0 Å². The van der Waals surface area contributed by atoms with E-state index in [0.717, 1.165) is 18.6 Å². The van der Waals surface area contributed by atoms with Crippen LogP contribution < -0.4 is 4.74 Å². The standard InChI is InChI=1S/C16H20.C9H12O.C7H16.C2H4/c1-3-5-14-8-9-16(11-14)12-15-7-4-6-13(2)10-15;1-3-8-5-4-6-9(7-8)10-2;1-3-5-7-6-4-2;1-2/h4,6-10H,3,5,11-12H2,1-2H3;4-7H,3H2,1-2H3;3-7H2,1-2H3;1-2H2. The molecule has 1 aliphatic carbocycles. The number of hydrogen-bond acceptors (Lipinski definition) is 1. The van der Waals surface area contributed by atoms with Gasteiger partial charge in [-0.15, -0.1) is 13.2 Å². The summed E-state index contributed by atoms with van der Waals surface area (Å²) in [7, 11) is 1.69. The molecule has 0 spiro atoms. The molecule has 1 aliphatic rings. The van der Waals surface area contributed by atoms with E-state index in [4.69, 9.17) is 4.74 Å². The fourth-order valence-corrected chi connectivity index (χ4v) is 3.91. The van der Waals surface area contributed by atoms with Crippen molar-refractivity contribution in [3.63, 3.8) is 0 Å². The molecule has 0 radical (unpaired) electrons. The number of hydrogen-bond donors (Lipinski definition) is 0. The van der Waals surface area contributed by atoms with Crippen LogP contribution in [-0.4, -0.2) is 7.11 Å². The zero-order valence-corrected chi connectivity index (χ0v) is 23.7. The Morgan fingerprint density at radius 2 is 1.37 bits per heavy atom. The third-order valence-corrected chi connectivity index (χ3v) is 5.84. The van der Waals surface area contributed by atoms with E-state index in [9.17, 15) is 0 Å². The second kappa shape index (κ2) is 22.0. The topological polar surface area (TPSA) is 9.23 Å². The number of benzene rings is 2. The first-order valence-electron chi connectivity index (χ1n) is 13.6. The molecule has 35 heavy (non-hydrogen) atoms. The third-order valence-electron chi connectivity index (χ3n) is 5.84. The highest BCUT2D eigenvalue weighted by Gasteiger charge is 2.08. The second-order valence-electron chi connectivity index (χ2n) is 9.01. The van der Waals surface area contributed by atoms with Crippen molar-refractivity contribution in [2.24, 2.45) is 0 Å². The number of ether oxygens (including phenoxy) is 1. The summed E-state index contributed by atoms with van der Waals surface area (Å²) < 4.78 is 5.06. The predicted octanol–water partition coefficient (Wildman–Crippen LogP) is 10.6. The largest absolute Gasteiger partial charge is 0.497 e. The van der Waals surface area contributed by atoms with Gasteiger partial charge in [0.15, 0.2) is 0 Å². The van der Waals surface area contributed by atoms with Crippen molar-refractivity contribution >= 4 is 0 Å². The Morgan fingerprint density at radius 1 is 0.743 bits per heavy atom. The van der Waals surface area contributed by atoms with Crippen LogP contribution in [0.1, 0.15) is 95.8 Å². The van der Waals surface area contributed by atoms with Crippen molar-refractivity contribution in [1.29, 1.82) is 0 Å². The van der Waals surface area contributed by atoms with E-state index in [1.807, 2.05) is 12.1 Å². The predicted molar refractivity (Wildman–Crippen MR) is 159 cm³/mol. The van der Waals surface area contributed by atoms with Crippen LogP contribution in [0.2, 0.25) is 0 Å². The van der Waals surface area contributed by atoms with Crippen molar-refractivity contribution in [1.82, 2.24) is 0 Å². The van der Waals surface area contributed by atoms with E-state index in [2.05, 4.69) is 96.3 Å². The van der Waals surface area contributed by atoms with Crippen LogP contribution in [0, 0.1) is 6.92 Å². The summed E-state index contributed by atoms with van der Waals surface area (Å²) in [5.41, 5.74) is 7.29. The zero-order valence-electron chi connectivity index (χ0n) is 23.7. The molecular weight excluding hydrogens is 424 g/mol. The average Bonchev–Trinajstić information content (AvgIpc) is 3.33. The van der Waals surface area contributed by atoms with Crippen molar-refractivity contribution < 1.29 is 4.74 Å². The lowest BCUT2D eigenvalue weighted by Crippen LogP contribution is -1.90. The average molecular weight is 477 g/mol. The number of methoxy groups -OCH3 is 1. The lowest BCUT2D eigenvalue weighted by molar-refractivity contribution is 0.414. The highest BCUT2D eigenvalue weighted by molar-refractivity contribution is 5.35. The van der Waals surface area contributed by atoms with Gasteiger partial charge < -0.3 is 4.74 Å². The van der Waals surface area contributed by atoms with Gasteiger partial charge in [0.25, 0.3) is 0 Å². The minimum absolute atomic E-state index is 0.944. The van der Waals surface area contributed by atoms with E-state index in [0.29, 0.717) is 0 Å². The quantitative estimate of drug-likeness (QED) is 0.245. The SMILES string of the molecule is C=C.CCCC1=CC=C(Cc2cccc(C)c2)C1.CCCCCCC.CCc1cccc(OC)c1. The molecule has 0 fully saturated rings. The van der Waals surface area contributed by atoms with E-state index < -0.39 is 0 Å². The van der Waals surface area contributed by atoms with Crippen molar-refractivity contribution in [3.05, 3.63) is 102 Å². The van der Waals surface area contributed by atoms with Gasteiger partial charge in [-0.2, -0.15) is 0 Å². The molecule has 2 aromatic carbocycles. The number of unbranched alkanes of at least 4 members (excludes halogenated alkanes) is 4. The Labute approximate surface area is 218 Å². The molecule has 0 unspecified atom stereocenters. The molecule has 194 valence electrons. The molecule has 0 saturated carbocycles. The van der Waals surface area contributed by atoms with Gasteiger partial charge in [0.05, 0.1) is 7.11 Å². The van der Waals surface area contributed by atoms with Crippen LogP contribution in [0.5, 0.6) is 5.75 Å². The molecule has 1 nitrogen and oxygen atoms in total. The van der Waals surface area contributed by atoms with Crippen LogP contribution in [0.25, 0.3) is 0 Å². The van der Waals surface area contributed by atoms with Gasteiger partial charge in [0, 0.05) is 0 Å². The van der Waals surface area contributed by atoms with Crippen LogP contribution in [0.4, 0.5) is 0 Å². The molecule has 0 saturated heterocycles. The van der Waals surface area contributed by atoms with Crippen molar-refractivity contribution in [2.45, 2.75) is 98.8 Å². The smallest absolute Gasteiger partial charge is 0.119 e. The molecular formula is C34H52O. The fourth-order valence-electron chi connectivity index (χ4n) is 3.91. The van der Waals surface area contributed by atoms with E-state index in [1.54, 1.807) is 18.3 Å². The Kier molecular flexibility index (Phi) is 20.4. The lowest BCUT2D eigenvalue weighted by atomic mass is 10.00. The summed E-state index contributed by atoms with van der Waals surface area (Å²) >= 11 is 0. The Balaban J connectivity index is 0.000000523. The van der Waals surface area contributed by atoms with Gasteiger partial charge in [0.2, 0.25) is 0 Å². The van der Waals surface area contributed by atoms with Gasteiger partial charge in [0.1, 0.15) is 5.75 Å². The highest BCUT2D eigenvalue weighted by atomic mass is 16.5. The summed E-state index contributed by atoms with van der Waals surface area (Å²) in [5, 5.41) is 0. The summed E-state index contributed by atoms with van der Waals surface area (Å²) in [4.78, 5) is 0. The Morgan fingerprint density at radius 3 is 1.94 bits per heavy atom. The number of aryl methyl sites for hydroxylation is 2. The number of allylic oxidation sites excluding steroid dienone is 4. The summed E-state index contributed by atoms with van der Waals surface area (Å²) in [5.74, 6) is 0.944. The van der Waals surface area contributed by atoms with Gasteiger partial charge in [-0.05, 0) is 55.9 Å². The maximum absolute atomic E-state index is 5.06. The first-order chi connectivity index (χ1) is 17.1. The van der Waals surface area contributed by atoms with Gasteiger partial charge in [-0.1, -0.05) is 131 Å². The zero-order chi connectivity index (χ0) is 26.3. The molecule has 0 N–H and O–H groups in total. The lowest BCUT2D eigenvalue weighted by Gasteiger charge is -2.05. The fraction of sp³-hybridized carbons (Fsp3) is 0.471. The van der Waals surface area contributed by atoms with E-state index >= 15 is 0 Å². The van der Waals surface area contributed by atoms with Gasteiger partial charge in [-0.3, -0.25) is 0 Å². The van der Waals surface area contributed by atoms with Crippen LogP contribution >= 0.6 is 0 Å². The molecule has 0 amide bonds. The summed E-state index contributed by atoms with van der Waals surface area (Å²) in [6.07, 6.45) is 17.5. The van der Waals surface area contributed by atoms with Crippen molar-refractivity contribution in [2.75, 3.05) is 7.11 Å². The maximum Gasteiger partial charge on any atom is 0.119 e. The molecule has 0 heterocycles. The first kappa shape index (κ1) is 32.5. The first-order valence-corrected chi connectivity index (χ1v) is 13.6. The molecule has 3 rings (SSSR count). The van der Waals surface area contributed by atoms with Crippen LogP contribution in [-0.2, 0) is 12.8 Å². The maximum atomic E-state index is 5.06. The number of rotatable bonds is 10. The van der Waals surface area contributed by atoms with E-state index in [1.165, 1.54) is 68.1 Å². The molecule has 1 heteroatoms. The van der Waals surface area contributed by atoms with Gasteiger partial charge >= 0.3 is 0 Å². The Hall–Kier alpha value is -2.54.